The Morgan fingerprint density at radius 3 is 2.67 bits per heavy atom. The third kappa shape index (κ3) is 0.973. The molecule has 1 aliphatic heterocycles. The molecule has 0 aromatic carbocycles. The summed E-state index contributed by atoms with van der Waals surface area (Å²) in [5, 5.41) is 17.8. The summed E-state index contributed by atoms with van der Waals surface area (Å²) in [5.41, 5.74) is 3.25. The van der Waals surface area contributed by atoms with Crippen molar-refractivity contribution in [1.82, 2.24) is 10.7 Å². The number of allylic oxidation sites excluding steroid dienone is 1. The van der Waals surface area contributed by atoms with Crippen LogP contribution in [-0.2, 0) is 4.94 Å². The van der Waals surface area contributed by atoms with Crippen molar-refractivity contribution in [2.75, 3.05) is 6.61 Å². The first-order valence-electron chi connectivity index (χ1n) is 2.48. The molecule has 0 unspecified atom stereocenters. The summed E-state index contributed by atoms with van der Waals surface area (Å²) in [6, 6.07) is 0. The van der Waals surface area contributed by atoms with E-state index in [9.17, 15) is 0 Å². The van der Waals surface area contributed by atoms with E-state index >= 15 is 0 Å². The Kier molecular flexibility index (Phi) is 1.56. The number of hydrogen-bond acceptors (Lipinski definition) is 5. The Morgan fingerprint density at radius 1 is 1.78 bits per heavy atom. The average molecular weight is 132 g/mol. The van der Waals surface area contributed by atoms with Gasteiger partial charge in [0, 0.05) is 0 Å². The number of hydrogen-bond donors (Lipinski definition) is 3. The number of rotatable bonds is 1. The Balaban J connectivity index is 2.68. The number of nitrogens with one attached hydrogen (secondary N) is 1. The average Bonchev–Trinajstić information content (AvgIpc) is 2.15. The van der Waals surface area contributed by atoms with E-state index < -0.39 is 0 Å². The molecule has 1 aliphatic rings. The van der Waals surface area contributed by atoms with Gasteiger partial charge < -0.3 is 5.11 Å². The van der Waals surface area contributed by atoms with Crippen molar-refractivity contribution in [3.63, 3.8) is 0 Å². The maximum atomic E-state index is 8.68. The van der Waals surface area contributed by atoms with E-state index in [1.165, 1.54) is 0 Å². The molecule has 0 fully saturated rings. The van der Waals surface area contributed by atoms with Crippen molar-refractivity contribution in [3.05, 3.63) is 11.4 Å². The van der Waals surface area contributed by atoms with Crippen LogP contribution in [-0.4, -0.2) is 22.1 Å². The Labute approximate surface area is 52.0 Å². The molecule has 5 nitrogen and oxygen atoms in total. The van der Waals surface area contributed by atoms with Gasteiger partial charge in [-0.25, -0.2) is 5.48 Å². The van der Waals surface area contributed by atoms with Crippen molar-refractivity contribution in [3.8, 4) is 0 Å². The molecule has 0 bridgehead atoms. The van der Waals surface area contributed by atoms with Crippen molar-refractivity contribution in [2.24, 2.45) is 0 Å². The molecule has 1 heterocycles. The highest BCUT2D eigenvalue weighted by Gasteiger charge is 2.16. The molecule has 0 aliphatic carbocycles. The van der Waals surface area contributed by atoms with Crippen LogP contribution in [0.25, 0.3) is 0 Å². The van der Waals surface area contributed by atoms with Gasteiger partial charge in [0.1, 0.15) is 0 Å². The van der Waals surface area contributed by atoms with Crippen LogP contribution in [0, 0.1) is 0 Å². The van der Waals surface area contributed by atoms with Gasteiger partial charge in [-0.15, -0.1) is 10.2 Å². The van der Waals surface area contributed by atoms with Crippen molar-refractivity contribution >= 4 is 0 Å². The van der Waals surface area contributed by atoms with Crippen molar-refractivity contribution in [1.29, 1.82) is 0 Å². The van der Waals surface area contributed by atoms with E-state index in [-0.39, 0.29) is 6.61 Å². The topological polar surface area (TPSA) is 65.0 Å². The summed E-state index contributed by atoms with van der Waals surface area (Å²) in [6.07, 6.45) is 0. The van der Waals surface area contributed by atoms with Crippen molar-refractivity contribution in [2.45, 2.75) is 6.92 Å². The summed E-state index contributed by atoms with van der Waals surface area (Å²) in [6.45, 7) is 1.45. The summed E-state index contributed by atoms with van der Waals surface area (Å²) < 4.78 is 0. The van der Waals surface area contributed by atoms with Crippen LogP contribution < -0.4 is 5.48 Å². The van der Waals surface area contributed by atoms with Gasteiger partial charge in [0.2, 0.25) is 0 Å². The molecule has 0 atom stereocenters. The molecule has 0 radical (unpaired) electrons. The predicted molar refractivity (Wildman–Crippen MR) is 27.6 cm³/mol. The van der Waals surface area contributed by atoms with Gasteiger partial charge in [0.15, 0.2) is 0 Å². The van der Waals surface area contributed by atoms with Gasteiger partial charge in [-0.1, -0.05) is 0 Å². The lowest BCUT2D eigenvalue weighted by atomic mass is 10.4. The fourth-order valence-electron chi connectivity index (χ4n) is 0.503. The van der Waals surface area contributed by atoms with E-state index in [1.54, 1.807) is 6.92 Å². The highest BCUT2D eigenvalue weighted by atomic mass is 17.0. The monoisotopic (exact) mass is 132 g/mol. The normalized spacial score (nSPS) is 18.8. The van der Waals surface area contributed by atoms with Crippen LogP contribution in [0.5, 0.6) is 0 Å². The molecular weight excluding hydrogens is 124 g/mol. The van der Waals surface area contributed by atoms with E-state index in [2.05, 4.69) is 10.4 Å². The van der Waals surface area contributed by atoms with Crippen LogP contribution in [0.3, 0.4) is 0 Å². The van der Waals surface area contributed by atoms with Crippen LogP contribution in [0.15, 0.2) is 11.4 Å². The quantitative estimate of drug-likeness (QED) is 0.442. The molecule has 1 rings (SSSR count). The van der Waals surface area contributed by atoms with Gasteiger partial charge in [-0.05, 0) is 6.92 Å². The second-order valence-electron chi connectivity index (χ2n) is 1.69. The number of nitrogens with zero attached hydrogens (tertiary/aromatic N) is 1. The third-order valence-electron chi connectivity index (χ3n) is 1.14. The predicted octanol–water partition coefficient (Wildman–Crippen LogP) is -0.649. The first-order valence-corrected chi connectivity index (χ1v) is 2.48. The minimum absolute atomic E-state index is 0.164. The Hall–Kier alpha value is -0.780. The molecule has 0 spiro atoms. The van der Waals surface area contributed by atoms with Crippen LogP contribution in [0.1, 0.15) is 6.92 Å². The minimum atomic E-state index is -0.164. The van der Waals surface area contributed by atoms with Gasteiger partial charge in [0.25, 0.3) is 0 Å². The molecule has 3 N–H and O–H groups in total. The van der Waals surface area contributed by atoms with E-state index in [4.69, 9.17) is 10.3 Å². The SMILES string of the molecule is CC1=C(CO)NON1O. The van der Waals surface area contributed by atoms with Gasteiger partial charge in [-0.3, -0.25) is 5.21 Å². The lowest BCUT2D eigenvalue weighted by Gasteiger charge is -2.03. The molecule has 0 amide bonds. The molecule has 52 valence electrons. The zero-order valence-corrected chi connectivity index (χ0v) is 4.96. The van der Waals surface area contributed by atoms with Crippen LogP contribution in [0.2, 0.25) is 0 Å². The maximum absolute atomic E-state index is 8.68. The molecule has 0 aromatic heterocycles. The largest absolute Gasteiger partial charge is 0.390 e. The van der Waals surface area contributed by atoms with E-state index in [0.29, 0.717) is 16.6 Å². The number of hydroxylamine groups is 3. The summed E-state index contributed by atoms with van der Waals surface area (Å²) >= 11 is 0. The molecule has 0 saturated heterocycles. The third-order valence-corrected chi connectivity index (χ3v) is 1.14. The Morgan fingerprint density at radius 2 is 2.44 bits per heavy atom. The van der Waals surface area contributed by atoms with Gasteiger partial charge >= 0.3 is 0 Å². The van der Waals surface area contributed by atoms with Crippen LogP contribution >= 0.6 is 0 Å². The molecule has 0 aromatic rings. The lowest BCUT2D eigenvalue weighted by Crippen LogP contribution is -2.15. The number of aliphatic hydroxyl groups is 1. The fraction of sp³-hybridized carbons (Fsp3) is 0.500. The summed E-state index contributed by atoms with van der Waals surface area (Å²) in [7, 11) is 0. The smallest absolute Gasteiger partial charge is 0.0949 e. The fourth-order valence-corrected chi connectivity index (χ4v) is 0.503. The minimum Gasteiger partial charge on any atom is -0.390 e. The summed E-state index contributed by atoms with van der Waals surface area (Å²) in [4.78, 5) is 4.37. The van der Waals surface area contributed by atoms with Gasteiger partial charge in [-0.2, -0.15) is 0 Å². The van der Waals surface area contributed by atoms with E-state index in [1.807, 2.05) is 0 Å². The molecule has 5 heteroatoms. The lowest BCUT2D eigenvalue weighted by molar-refractivity contribution is -0.323. The standard InChI is InChI=1S/C4H8N2O3/c1-3-4(2-7)5-9-6(3)8/h5,7-8H,2H2,1H3. The van der Waals surface area contributed by atoms with Gasteiger partial charge in [0.05, 0.1) is 18.0 Å². The highest BCUT2D eigenvalue weighted by molar-refractivity contribution is 5.07. The van der Waals surface area contributed by atoms with Crippen molar-refractivity contribution < 1.29 is 15.3 Å². The first kappa shape index (κ1) is 6.34. The summed E-state index contributed by atoms with van der Waals surface area (Å²) in [5.74, 6) is 0. The second kappa shape index (κ2) is 2.22. The molecular formula is C4H8N2O3. The van der Waals surface area contributed by atoms with E-state index in [0.717, 1.165) is 0 Å². The highest BCUT2D eigenvalue weighted by Crippen LogP contribution is 2.10. The molecule has 0 saturated carbocycles. The molecule has 9 heavy (non-hydrogen) atoms. The Bertz CT molecular complexity index is 145. The maximum Gasteiger partial charge on any atom is 0.0949 e. The number of aliphatic hydroxyl groups excluding tert-OH is 1. The first-order chi connectivity index (χ1) is 4.25. The zero-order valence-electron chi connectivity index (χ0n) is 4.96. The van der Waals surface area contributed by atoms with Crippen LogP contribution in [0.4, 0.5) is 0 Å². The zero-order chi connectivity index (χ0) is 6.85. The second-order valence-corrected chi connectivity index (χ2v) is 1.69.